The first-order valence-electron chi connectivity index (χ1n) is 2.89. The lowest BCUT2D eigenvalue weighted by Crippen LogP contribution is -2.03. The zero-order valence-corrected chi connectivity index (χ0v) is 6.28. The fourth-order valence-corrected chi connectivity index (χ4v) is 0.651. The van der Waals surface area contributed by atoms with Crippen LogP contribution in [0.4, 0.5) is 0 Å². The van der Waals surface area contributed by atoms with E-state index in [0.29, 0.717) is 5.69 Å². The van der Waals surface area contributed by atoms with E-state index in [1.54, 1.807) is 0 Å². The molecule has 0 N–H and O–H groups in total. The Labute approximate surface area is 68.4 Å². The molecule has 0 amide bonds. The minimum absolute atomic E-state index is 0.0529. The molecule has 0 aromatic carbocycles. The Morgan fingerprint density at radius 3 is 3.00 bits per heavy atom. The van der Waals surface area contributed by atoms with Gasteiger partial charge in [0.2, 0.25) is 0 Å². The highest BCUT2D eigenvalue weighted by Gasteiger charge is 2.03. The molecule has 0 saturated heterocycles. The van der Waals surface area contributed by atoms with Crippen molar-refractivity contribution in [1.29, 1.82) is 0 Å². The van der Waals surface area contributed by atoms with E-state index >= 15 is 0 Å². The van der Waals surface area contributed by atoms with Crippen molar-refractivity contribution in [3.8, 4) is 0 Å². The van der Waals surface area contributed by atoms with Crippen LogP contribution in [0.1, 0.15) is 5.69 Å². The van der Waals surface area contributed by atoms with E-state index in [-0.39, 0.29) is 6.42 Å². The van der Waals surface area contributed by atoms with E-state index < -0.39 is 5.97 Å². The molecule has 58 valence electrons. The predicted molar refractivity (Wildman–Crippen MR) is 37.7 cm³/mol. The van der Waals surface area contributed by atoms with Gasteiger partial charge in [-0.15, -0.1) is 0 Å². The molecular formula is C6H5ClN2O2. The Morgan fingerprint density at radius 1 is 1.64 bits per heavy atom. The molecule has 0 spiro atoms. The van der Waals surface area contributed by atoms with Crippen LogP contribution < -0.4 is 0 Å². The van der Waals surface area contributed by atoms with Crippen LogP contribution in [-0.2, 0) is 15.5 Å². The van der Waals surface area contributed by atoms with E-state index in [1.165, 1.54) is 18.6 Å². The standard InChI is InChI=1S/C6H5ClN2O2/c7-11-6(10)3-5-4-8-1-2-9-5/h1-2,4H,3H2. The summed E-state index contributed by atoms with van der Waals surface area (Å²) in [5.74, 6) is -0.535. The molecule has 0 aliphatic rings. The third kappa shape index (κ3) is 2.51. The molecule has 0 bridgehead atoms. The fraction of sp³-hybridized carbons (Fsp3) is 0.167. The van der Waals surface area contributed by atoms with Gasteiger partial charge in [-0.25, -0.2) is 0 Å². The lowest BCUT2D eigenvalue weighted by Gasteiger charge is -1.93. The molecule has 4 nitrogen and oxygen atoms in total. The predicted octanol–water partition coefficient (Wildman–Crippen LogP) is 0.716. The summed E-state index contributed by atoms with van der Waals surface area (Å²) in [6, 6.07) is 0. The number of aromatic nitrogens is 2. The summed E-state index contributed by atoms with van der Waals surface area (Å²) in [6.07, 6.45) is 4.55. The maximum absolute atomic E-state index is 10.6. The molecule has 1 heterocycles. The van der Waals surface area contributed by atoms with E-state index in [0.717, 1.165) is 0 Å². The summed E-state index contributed by atoms with van der Waals surface area (Å²) >= 11 is 4.80. The van der Waals surface area contributed by atoms with Crippen molar-refractivity contribution in [2.45, 2.75) is 6.42 Å². The number of halogens is 1. The van der Waals surface area contributed by atoms with E-state index in [1.807, 2.05) is 0 Å². The molecule has 1 aromatic heterocycles. The second-order valence-electron chi connectivity index (χ2n) is 1.82. The minimum atomic E-state index is -0.535. The van der Waals surface area contributed by atoms with Gasteiger partial charge < -0.3 is 4.29 Å². The van der Waals surface area contributed by atoms with E-state index in [2.05, 4.69) is 14.3 Å². The molecule has 0 unspecified atom stereocenters. The van der Waals surface area contributed by atoms with Gasteiger partial charge in [0, 0.05) is 18.6 Å². The second-order valence-corrected chi connectivity index (χ2v) is 1.98. The van der Waals surface area contributed by atoms with Gasteiger partial charge in [-0.2, -0.15) is 0 Å². The van der Waals surface area contributed by atoms with Gasteiger partial charge in [-0.05, 0) is 0 Å². The third-order valence-corrected chi connectivity index (χ3v) is 1.20. The number of hydrogen-bond acceptors (Lipinski definition) is 4. The Kier molecular flexibility index (Phi) is 2.80. The molecule has 5 heteroatoms. The van der Waals surface area contributed by atoms with Crippen molar-refractivity contribution in [2.24, 2.45) is 0 Å². The van der Waals surface area contributed by atoms with Gasteiger partial charge in [0.15, 0.2) is 0 Å². The zero-order chi connectivity index (χ0) is 8.10. The van der Waals surface area contributed by atoms with Gasteiger partial charge in [0.05, 0.1) is 12.1 Å². The highest BCUT2D eigenvalue weighted by Crippen LogP contribution is 1.94. The second kappa shape index (κ2) is 3.88. The van der Waals surface area contributed by atoms with Crippen LogP contribution >= 0.6 is 11.9 Å². The smallest absolute Gasteiger partial charge is 0.330 e. The lowest BCUT2D eigenvalue weighted by atomic mass is 10.3. The molecule has 0 fully saturated rings. The van der Waals surface area contributed by atoms with Crippen molar-refractivity contribution in [1.82, 2.24) is 9.97 Å². The molecule has 0 aliphatic heterocycles. The molecule has 1 rings (SSSR count). The van der Waals surface area contributed by atoms with Gasteiger partial charge in [0.25, 0.3) is 0 Å². The van der Waals surface area contributed by atoms with Crippen molar-refractivity contribution in [3.63, 3.8) is 0 Å². The molecule has 0 aliphatic carbocycles. The number of nitrogens with zero attached hydrogens (tertiary/aromatic N) is 2. The number of hydrogen-bond donors (Lipinski definition) is 0. The molecule has 1 aromatic rings. The highest BCUT2D eigenvalue weighted by molar-refractivity contribution is 6.13. The first-order valence-corrected chi connectivity index (χ1v) is 3.20. The Bertz CT molecular complexity index is 240. The number of rotatable bonds is 2. The van der Waals surface area contributed by atoms with Gasteiger partial charge in [-0.1, -0.05) is 0 Å². The van der Waals surface area contributed by atoms with Crippen LogP contribution in [0.2, 0.25) is 0 Å². The summed E-state index contributed by atoms with van der Waals surface area (Å²) in [5, 5.41) is 0. The average Bonchev–Trinajstić information content (AvgIpc) is 2.06. The van der Waals surface area contributed by atoms with Crippen LogP contribution in [0.15, 0.2) is 18.6 Å². The summed E-state index contributed by atoms with van der Waals surface area (Å²) < 4.78 is 3.92. The average molecular weight is 173 g/mol. The number of carbonyl (C=O) groups is 1. The third-order valence-electron chi connectivity index (χ3n) is 1.03. The SMILES string of the molecule is O=C(Cc1cnccn1)OCl. The quantitative estimate of drug-likeness (QED) is 0.660. The van der Waals surface area contributed by atoms with Crippen LogP contribution in [0, 0.1) is 0 Å². The van der Waals surface area contributed by atoms with Gasteiger partial charge in [0.1, 0.15) is 11.9 Å². The molecule has 0 atom stereocenters. The maximum atomic E-state index is 10.6. The normalized spacial score (nSPS) is 9.18. The lowest BCUT2D eigenvalue weighted by molar-refractivity contribution is -0.133. The molecule has 0 radical (unpaired) electrons. The van der Waals surface area contributed by atoms with Crippen LogP contribution in [0.25, 0.3) is 0 Å². The van der Waals surface area contributed by atoms with Crippen LogP contribution in [-0.4, -0.2) is 15.9 Å². The minimum Gasteiger partial charge on any atom is -0.347 e. The molecule has 0 saturated carbocycles. The topological polar surface area (TPSA) is 52.1 Å². The Hall–Kier alpha value is -1.16. The van der Waals surface area contributed by atoms with Crippen LogP contribution in [0.5, 0.6) is 0 Å². The molecule has 11 heavy (non-hydrogen) atoms. The monoisotopic (exact) mass is 172 g/mol. The maximum Gasteiger partial charge on any atom is 0.330 e. The Morgan fingerprint density at radius 2 is 2.45 bits per heavy atom. The number of carbonyl (C=O) groups excluding carboxylic acids is 1. The first kappa shape index (κ1) is 7.94. The summed E-state index contributed by atoms with van der Waals surface area (Å²) in [6.45, 7) is 0. The van der Waals surface area contributed by atoms with Crippen molar-refractivity contribution >= 4 is 17.8 Å². The van der Waals surface area contributed by atoms with E-state index in [9.17, 15) is 4.79 Å². The summed E-state index contributed by atoms with van der Waals surface area (Å²) in [4.78, 5) is 18.2. The van der Waals surface area contributed by atoms with Gasteiger partial charge >= 0.3 is 5.97 Å². The summed E-state index contributed by atoms with van der Waals surface area (Å²) in [7, 11) is 0. The van der Waals surface area contributed by atoms with Crippen LogP contribution in [0.3, 0.4) is 0 Å². The van der Waals surface area contributed by atoms with E-state index in [4.69, 9.17) is 11.9 Å². The Balaban J connectivity index is 2.58. The largest absolute Gasteiger partial charge is 0.347 e. The van der Waals surface area contributed by atoms with Crippen molar-refractivity contribution < 1.29 is 9.08 Å². The highest BCUT2D eigenvalue weighted by atomic mass is 35.5. The van der Waals surface area contributed by atoms with Crippen molar-refractivity contribution in [2.75, 3.05) is 0 Å². The zero-order valence-electron chi connectivity index (χ0n) is 5.53. The summed E-state index contributed by atoms with van der Waals surface area (Å²) in [5.41, 5.74) is 0.540. The molecular weight excluding hydrogens is 168 g/mol. The van der Waals surface area contributed by atoms with Crippen molar-refractivity contribution in [3.05, 3.63) is 24.3 Å². The fourth-order valence-electron chi connectivity index (χ4n) is 0.596. The first-order chi connectivity index (χ1) is 5.33. The van der Waals surface area contributed by atoms with Gasteiger partial charge in [-0.3, -0.25) is 14.8 Å².